The lowest BCUT2D eigenvalue weighted by Crippen LogP contribution is -2.19. The largest absolute Gasteiger partial charge is 0.351 e. The van der Waals surface area contributed by atoms with Crippen molar-refractivity contribution < 1.29 is 4.39 Å². The zero-order chi connectivity index (χ0) is 13.0. The van der Waals surface area contributed by atoms with Gasteiger partial charge in [-0.25, -0.2) is 14.4 Å². The molecule has 94 valence electrons. The van der Waals surface area contributed by atoms with E-state index in [0.717, 1.165) is 17.5 Å². The molecule has 0 amide bonds. The zero-order valence-corrected chi connectivity index (χ0v) is 10.5. The maximum Gasteiger partial charge on any atom is 0.222 e. The van der Waals surface area contributed by atoms with E-state index in [1.807, 2.05) is 13.8 Å². The fourth-order valence-electron chi connectivity index (χ4n) is 1.71. The van der Waals surface area contributed by atoms with Crippen LogP contribution in [0.15, 0.2) is 36.7 Å². The summed E-state index contributed by atoms with van der Waals surface area (Å²) >= 11 is 0. The molecule has 1 aromatic carbocycles. The Morgan fingerprint density at radius 2 is 1.78 bits per heavy atom. The van der Waals surface area contributed by atoms with E-state index in [4.69, 9.17) is 0 Å². The highest BCUT2D eigenvalue weighted by Crippen LogP contribution is 2.08. The van der Waals surface area contributed by atoms with E-state index in [1.54, 1.807) is 24.5 Å². The minimum absolute atomic E-state index is 0.193. The van der Waals surface area contributed by atoms with Crippen LogP contribution in [0, 0.1) is 12.7 Å². The summed E-state index contributed by atoms with van der Waals surface area (Å²) in [7, 11) is 0. The first-order chi connectivity index (χ1) is 8.63. The number of nitrogens with one attached hydrogen (secondary N) is 1. The molecule has 0 saturated carbocycles. The highest BCUT2D eigenvalue weighted by molar-refractivity contribution is 5.27. The van der Waals surface area contributed by atoms with Crippen molar-refractivity contribution in [1.29, 1.82) is 0 Å². The summed E-state index contributed by atoms with van der Waals surface area (Å²) in [6.45, 7) is 4.00. The van der Waals surface area contributed by atoms with Crippen LogP contribution in [0.1, 0.15) is 18.1 Å². The molecule has 0 aliphatic carbocycles. The molecular formula is C14H16FN3. The van der Waals surface area contributed by atoms with Crippen molar-refractivity contribution >= 4 is 5.95 Å². The maximum atomic E-state index is 12.8. The number of anilines is 1. The first kappa shape index (κ1) is 12.5. The number of hydrogen-bond donors (Lipinski definition) is 1. The van der Waals surface area contributed by atoms with Gasteiger partial charge in [0.05, 0.1) is 0 Å². The molecule has 2 aromatic rings. The van der Waals surface area contributed by atoms with Gasteiger partial charge in [-0.3, -0.25) is 0 Å². The van der Waals surface area contributed by atoms with Gasteiger partial charge in [0.1, 0.15) is 5.82 Å². The molecule has 0 spiro atoms. The van der Waals surface area contributed by atoms with Crippen LogP contribution in [0.3, 0.4) is 0 Å². The summed E-state index contributed by atoms with van der Waals surface area (Å²) in [5.74, 6) is 0.413. The summed E-state index contributed by atoms with van der Waals surface area (Å²) in [6, 6.07) is 6.74. The second-order valence-corrected chi connectivity index (χ2v) is 4.46. The molecule has 1 N–H and O–H groups in total. The normalized spacial score (nSPS) is 12.2. The second kappa shape index (κ2) is 5.58. The van der Waals surface area contributed by atoms with Gasteiger partial charge < -0.3 is 5.32 Å². The number of rotatable bonds is 4. The van der Waals surface area contributed by atoms with Gasteiger partial charge in [0.2, 0.25) is 5.95 Å². The Morgan fingerprint density at radius 3 is 2.39 bits per heavy atom. The third kappa shape index (κ3) is 3.52. The number of halogens is 1. The van der Waals surface area contributed by atoms with Gasteiger partial charge in [-0.1, -0.05) is 12.1 Å². The Hall–Kier alpha value is -1.97. The van der Waals surface area contributed by atoms with E-state index >= 15 is 0 Å². The highest BCUT2D eigenvalue weighted by atomic mass is 19.1. The monoisotopic (exact) mass is 245 g/mol. The van der Waals surface area contributed by atoms with Gasteiger partial charge in [-0.2, -0.15) is 0 Å². The first-order valence-corrected chi connectivity index (χ1v) is 5.93. The molecule has 18 heavy (non-hydrogen) atoms. The minimum Gasteiger partial charge on any atom is -0.351 e. The fourth-order valence-corrected chi connectivity index (χ4v) is 1.71. The summed E-state index contributed by atoms with van der Waals surface area (Å²) in [4.78, 5) is 8.38. The van der Waals surface area contributed by atoms with Crippen LogP contribution in [-0.2, 0) is 6.42 Å². The fraction of sp³-hybridized carbons (Fsp3) is 0.286. The molecule has 1 unspecified atom stereocenters. The number of benzene rings is 1. The molecule has 2 rings (SSSR count). The van der Waals surface area contributed by atoms with Crippen molar-refractivity contribution in [3.8, 4) is 0 Å². The van der Waals surface area contributed by atoms with Crippen LogP contribution in [-0.4, -0.2) is 16.0 Å². The molecule has 0 aliphatic rings. The average Bonchev–Trinajstić information content (AvgIpc) is 2.35. The van der Waals surface area contributed by atoms with Crippen LogP contribution < -0.4 is 5.32 Å². The number of nitrogens with zero attached hydrogens (tertiary/aromatic N) is 2. The maximum absolute atomic E-state index is 12.8. The molecule has 4 heteroatoms. The number of aryl methyl sites for hydroxylation is 1. The Labute approximate surface area is 106 Å². The lowest BCUT2D eigenvalue weighted by atomic mass is 10.1. The Morgan fingerprint density at radius 1 is 1.17 bits per heavy atom. The Kier molecular flexibility index (Phi) is 3.87. The van der Waals surface area contributed by atoms with Gasteiger partial charge in [-0.05, 0) is 43.5 Å². The molecule has 1 atom stereocenters. The Balaban J connectivity index is 1.94. The van der Waals surface area contributed by atoms with E-state index in [9.17, 15) is 4.39 Å². The molecule has 1 aromatic heterocycles. The smallest absolute Gasteiger partial charge is 0.222 e. The van der Waals surface area contributed by atoms with Crippen LogP contribution >= 0.6 is 0 Å². The predicted molar refractivity (Wildman–Crippen MR) is 70.0 cm³/mol. The van der Waals surface area contributed by atoms with Gasteiger partial charge in [-0.15, -0.1) is 0 Å². The van der Waals surface area contributed by atoms with Crippen LogP contribution in [0.5, 0.6) is 0 Å². The van der Waals surface area contributed by atoms with Crippen molar-refractivity contribution in [2.75, 3.05) is 5.32 Å². The van der Waals surface area contributed by atoms with Crippen molar-refractivity contribution in [2.45, 2.75) is 26.3 Å². The lowest BCUT2D eigenvalue weighted by molar-refractivity contribution is 0.626. The standard InChI is InChI=1S/C14H16FN3/c1-10-8-16-14(17-9-10)18-11(2)7-12-3-5-13(15)6-4-12/h3-6,8-9,11H,7H2,1-2H3,(H,16,17,18). The van der Waals surface area contributed by atoms with E-state index in [0.29, 0.717) is 5.95 Å². The third-order valence-corrected chi connectivity index (χ3v) is 2.61. The summed E-state index contributed by atoms with van der Waals surface area (Å²) in [5.41, 5.74) is 2.12. The third-order valence-electron chi connectivity index (χ3n) is 2.61. The summed E-state index contributed by atoms with van der Waals surface area (Å²) < 4.78 is 12.8. The summed E-state index contributed by atoms with van der Waals surface area (Å²) in [5, 5.41) is 3.22. The highest BCUT2D eigenvalue weighted by Gasteiger charge is 2.05. The van der Waals surface area contributed by atoms with Gasteiger partial charge in [0, 0.05) is 18.4 Å². The van der Waals surface area contributed by atoms with Crippen molar-refractivity contribution in [3.63, 3.8) is 0 Å². The van der Waals surface area contributed by atoms with Crippen LogP contribution in [0.2, 0.25) is 0 Å². The molecule has 0 bridgehead atoms. The van der Waals surface area contributed by atoms with Gasteiger partial charge in [0.15, 0.2) is 0 Å². The topological polar surface area (TPSA) is 37.8 Å². The lowest BCUT2D eigenvalue weighted by Gasteiger charge is -2.13. The molecule has 0 radical (unpaired) electrons. The van der Waals surface area contributed by atoms with E-state index < -0.39 is 0 Å². The van der Waals surface area contributed by atoms with Crippen molar-refractivity contribution in [1.82, 2.24) is 9.97 Å². The van der Waals surface area contributed by atoms with Crippen LogP contribution in [0.4, 0.5) is 10.3 Å². The Bertz CT molecular complexity index is 446. The summed E-state index contributed by atoms with van der Waals surface area (Å²) in [6.07, 6.45) is 4.36. The first-order valence-electron chi connectivity index (χ1n) is 5.93. The SMILES string of the molecule is Cc1cnc(NC(C)Cc2ccc(F)cc2)nc1. The molecule has 0 aliphatic heterocycles. The molecule has 1 heterocycles. The predicted octanol–water partition coefficient (Wildman–Crippen LogP) is 2.97. The second-order valence-electron chi connectivity index (χ2n) is 4.46. The van der Waals surface area contributed by atoms with E-state index in [1.165, 1.54) is 12.1 Å². The van der Waals surface area contributed by atoms with Crippen molar-refractivity contribution in [3.05, 3.63) is 53.6 Å². The van der Waals surface area contributed by atoms with E-state index in [2.05, 4.69) is 15.3 Å². The molecule has 0 saturated heterocycles. The van der Waals surface area contributed by atoms with Gasteiger partial charge in [0.25, 0.3) is 0 Å². The average molecular weight is 245 g/mol. The minimum atomic E-state index is -0.207. The molecular weight excluding hydrogens is 229 g/mol. The zero-order valence-electron chi connectivity index (χ0n) is 10.5. The molecule has 0 fully saturated rings. The van der Waals surface area contributed by atoms with Gasteiger partial charge >= 0.3 is 0 Å². The number of aromatic nitrogens is 2. The quantitative estimate of drug-likeness (QED) is 0.899. The van der Waals surface area contributed by atoms with Crippen molar-refractivity contribution in [2.24, 2.45) is 0 Å². The van der Waals surface area contributed by atoms with Crippen LogP contribution in [0.25, 0.3) is 0 Å². The number of hydrogen-bond acceptors (Lipinski definition) is 3. The van der Waals surface area contributed by atoms with E-state index in [-0.39, 0.29) is 11.9 Å². The molecule has 3 nitrogen and oxygen atoms in total.